The molecule has 0 radical (unpaired) electrons. The lowest BCUT2D eigenvalue weighted by molar-refractivity contribution is -0.157. The van der Waals surface area contributed by atoms with E-state index < -0.39 is 0 Å². The molecule has 34 heavy (non-hydrogen) atoms. The SMILES string of the molecule is CCCCCC(=O)Oc1ccc2c(c1)CC[C@@H]1[C@@H]2CC[C@]2(C)C(OC(=O)CCCCC)CC[C@@H]12. The Kier molecular flexibility index (Phi) is 8.37. The predicted octanol–water partition coefficient (Wildman–Crippen LogP) is 7.52. The summed E-state index contributed by atoms with van der Waals surface area (Å²) in [5.74, 6) is 2.47. The maximum atomic E-state index is 12.5. The Hall–Kier alpha value is -1.84. The minimum Gasteiger partial charge on any atom is -0.462 e. The quantitative estimate of drug-likeness (QED) is 0.202. The fourth-order valence-corrected chi connectivity index (χ4v) is 7.21. The van der Waals surface area contributed by atoms with Crippen molar-refractivity contribution in [3.63, 3.8) is 0 Å². The number of carbonyl (C=O) groups excluding carboxylic acids is 2. The lowest BCUT2D eigenvalue weighted by atomic mass is 9.55. The number of fused-ring (bicyclic) bond motifs is 5. The van der Waals surface area contributed by atoms with Gasteiger partial charge in [0.25, 0.3) is 0 Å². The second-order valence-electron chi connectivity index (χ2n) is 11.3. The number of carbonyl (C=O) groups is 2. The molecule has 4 nitrogen and oxygen atoms in total. The van der Waals surface area contributed by atoms with Crippen molar-refractivity contribution in [2.45, 2.75) is 123 Å². The van der Waals surface area contributed by atoms with Crippen LogP contribution < -0.4 is 4.74 Å². The number of ether oxygens (including phenoxy) is 2. The predicted molar refractivity (Wildman–Crippen MR) is 135 cm³/mol. The Bertz CT molecular complexity index is 861. The molecular weight excluding hydrogens is 424 g/mol. The smallest absolute Gasteiger partial charge is 0.311 e. The summed E-state index contributed by atoms with van der Waals surface area (Å²) >= 11 is 0. The Morgan fingerprint density at radius 2 is 1.68 bits per heavy atom. The fourth-order valence-electron chi connectivity index (χ4n) is 7.21. The number of hydrogen-bond donors (Lipinski definition) is 0. The molecule has 0 amide bonds. The Morgan fingerprint density at radius 3 is 2.41 bits per heavy atom. The highest BCUT2D eigenvalue weighted by molar-refractivity contribution is 5.72. The molecule has 3 aliphatic carbocycles. The molecule has 0 aliphatic heterocycles. The van der Waals surface area contributed by atoms with Crippen molar-refractivity contribution in [1.82, 2.24) is 0 Å². The van der Waals surface area contributed by atoms with Crippen LogP contribution in [-0.2, 0) is 20.7 Å². The van der Waals surface area contributed by atoms with Crippen LogP contribution in [0.1, 0.15) is 121 Å². The van der Waals surface area contributed by atoms with Crippen LogP contribution in [0.4, 0.5) is 0 Å². The van der Waals surface area contributed by atoms with E-state index in [9.17, 15) is 9.59 Å². The average molecular weight is 469 g/mol. The van der Waals surface area contributed by atoms with Crippen LogP contribution in [-0.4, -0.2) is 18.0 Å². The van der Waals surface area contributed by atoms with E-state index in [0.717, 1.165) is 64.2 Å². The molecule has 0 saturated heterocycles. The minimum absolute atomic E-state index is 0.00760. The Morgan fingerprint density at radius 1 is 0.941 bits per heavy atom. The van der Waals surface area contributed by atoms with Crippen LogP contribution in [0.5, 0.6) is 5.75 Å². The molecule has 0 aromatic heterocycles. The van der Waals surface area contributed by atoms with Gasteiger partial charge in [0.05, 0.1) is 0 Å². The van der Waals surface area contributed by atoms with Crippen molar-refractivity contribution in [3.8, 4) is 5.75 Å². The molecule has 1 aromatic rings. The Balaban J connectivity index is 1.39. The molecule has 0 spiro atoms. The highest BCUT2D eigenvalue weighted by Crippen LogP contribution is 2.61. The molecule has 2 fully saturated rings. The summed E-state index contributed by atoms with van der Waals surface area (Å²) in [5, 5.41) is 0. The first-order valence-corrected chi connectivity index (χ1v) is 14.0. The van der Waals surface area contributed by atoms with Crippen LogP contribution >= 0.6 is 0 Å². The third kappa shape index (κ3) is 5.36. The molecule has 2 saturated carbocycles. The zero-order valence-corrected chi connectivity index (χ0v) is 21.6. The number of benzene rings is 1. The number of hydrogen-bond acceptors (Lipinski definition) is 4. The fraction of sp³-hybridized carbons (Fsp3) is 0.733. The third-order valence-corrected chi connectivity index (χ3v) is 9.09. The van der Waals surface area contributed by atoms with E-state index in [1.165, 1.54) is 24.0 Å². The van der Waals surface area contributed by atoms with Gasteiger partial charge in [0, 0.05) is 18.3 Å². The van der Waals surface area contributed by atoms with Crippen LogP contribution in [0.2, 0.25) is 0 Å². The first-order valence-electron chi connectivity index (χ1n) is 14.0. The second kappa shape index (κ2) is 11.3. The molecule has 5 atom stereocenters. The summed E-state index contributed by atoms with van der Waals surface area (Å²) in [6.07, 6.45) is 14.1. The van der Waals surface area contributed by atoms with Crippen LogP contribution in [0.25, 0.3) is 0 Å². The summed E-state index contributed by atoms with van der Waals surface area (Å²) in [6.45, 7) is 6.70. The highest BCUT2D eigenvalue weighted by Gasteiger charge is 2.56. The zero-order chi connectivity index (χ0) is 24.1. The minimum atomic E-state index is -0.114. The van der Waals surface area contributed by atoms with E-state index in [-0.39, 0.29) is 23.5 Å². The summed E-state index contributed by atoms with van der Waals surface area (Å²) in [5.41, 5.74) is 2.94. The second-order valence-corrected chi connectivity index (χ2v) is 11.3. The lowest BCUT2D eigenvalue weighted by Crippen LogP contribution is -2.45. The van der Waals surface area contributed by atoms with Crippen molar-refractivity contribution in [3.05, 3.63) is 29.3 Å². The third-order valence-electron chi connectivity index (χ3n) is 9.09. The monoisotopic (exact) mass is 468 g/mol. The topological polar surface area (TPSA) is 52.6 Å². The maximum Gasteiger partial charge on any atom is 0.311 e. The van der Waals surface area contributed by atoms with Crippen molar-refractivity contribution >= 4 is 11.9 Å². The van der Waals surface area contributed by atoms with Gasteiger partial charge in [-0.1, -0.05) is 52.5 Å². The van der Waals surface area contributed by atoms with Crippen LogP contribution in [0, 0.1) is 17.3 Å². The van der Waals surface area contributed by atoms with Crippen LogP contribution in [0.3, 0.4) is 0 Å². The van der Waals surface area contributed by atoms with Gasteiger partial charge in [-0.2, -0.15) is 0 Å². The van der Waals surface area contributed by atoms with Gasteiger partial charge in [-0.3, -0.25) is 9.59 Å². The number of unbranched alkanes of at least 4 members (excludes halogenated alkanes) is 4. The molecule has 0 N–H and O–H groups in total. The van der Waals surface area contributed by atoms with Gasteiger partial charge >= 0.3 is 11.9 Å². The molecule has 0 heterocycles. The number of aryl methyl sites for hydroxylation is 1. The van der Waals surface area contributed by atoms with E-state index in [1.807, 2.05) is 6.07 Å². The largest absolute Gasteiger partial charge is 0.462 e. The van der Waals surface area contributed by atoms with Crippen molar-refractivity contribution in [2.24, 2.45) is 17.3 Å². The van der Waals surface area contributed by atoms with Gasteiger partial charge in [-0.15, -0.1) is 0 Å². The van der Waals surface area contributed by atoms with E-state index in [1.54, 1.807) is 0 Å². The van der Waals surface area contributed by atoms with E-state index in [0.29, 0.717) is 36.3 Å². The molecular formula is C30H44O4. The number of esters is 2. The molecule has 188 valence electrons. The summed E-state index contributed by atoms with van der Waals surface area (Å²) in [4.78, 5) is 24.6. The summed E-state index contributed by atoms with van der Waals surface area (Å²) in [7, 11) is 0. The van der Waals surface area contributed by atoms with Crippen molar-refractivity contribution in [2.75, 3.05) is 0 Å². The normalized spacial score (nSPS) is 29.6. The zero-order valence-electron chi connectivity index (χ0n) is 21.6. The van der Waals surface area contributed by atoms with Gasteiger partial charge in [0.1, 0.15) is 11.9 Å². The van der Waals surface area contributed by atoms with Gasteiger partial charge < -0.3 is 9.47 Å². The van der Waals surface area contributed by atoms with Gasteiger partial charge in [0.15, 0.2) is 0 Å². The van der Waals surface area contributed by atoms with Gasteiger partial charge in [0.2, 0.25) is 0 Å². The summed E-state index contributed by atoms with van der Waals surface area (Å²) < 4.78 is 11.7. The number of rotatable bonds is 10. The van der Waals surface area contributed by atoms with E-state index >= 15 is 0 Å². The molecule has 4 rings (SSSR count). The first kappa shape index (κ1) is 25.3. The first-order chi connectivity index (χ1) is 16.5. The average Bonchev–Trinajstić information content (AvgIpc) is 3.15. The lowest BCUT2D eigenvalue weighted by Gasteiger charge is -2.50. The van der Waals surface area contributed by atoms with Gasteiger partial charge in [-0.25, -0.2) is 0 Å². The molecule has 4 heteroatoms. The van der Waals surface area contributed by atoms with Crippen molar-refractivity contribution in [1.29, 1.82) is 0 Å². The summed E-state index contributed by atoms with van der Waals surface area (Å²) in [6, 6.07) is 6.35. The molecule has 1 unspecified atom stereocenters. The Labute approximate surface area is 206 Å². The molecule has 0 bridgehead atoms. The van der Waals surface area contributed by atoms with Gasteiger partial charge in [-0.05, 0) is 92.4 Å². The maximum absolute atomic E-state index is 12.5. The van der Waals surface area contributed by atoms with E-state index in [4.69, 9.17) is 9.47 Å². The van der Waals surface area contributed by atoms with E-state index in [2.05, 4.69) is 32.9 Å². The van der Waals surface area contributed by atoms with Crippen molar-refractivity contribution < 1.29 is 19.1 Å². The highest BCUT2D eigenvalue weighted by atomic mass is 16.5. The van der Waals surface area contributed by atoms with Crippen LogP contribution in [0.15, 0.2) is 18.2 Å². The molecule has 1 aromatic carbocycles. The molecule has 3 aliphatic rings. The standard InChI is InChI=1S/C30H44O4/c1-4-6-8-10-28(31)33-22-13-15-23-21(20-22)12-14-25-24(23)18-19-30(3)26(25)16-17-27(30)34-29(32)11-9-7-5-2/h13,15,20,24-27H,4-12,14,16-19H2,1-3H3/t24-,25-,26+,27?,30+/m1/s1.